The largest absolute Gasteiger partial charge is 0.491 e. The zero-order valence-electron chi connectivity index (χ0n) is 19.4. The Hall–Kier alpha value is -1.73. The summed E-state index contributed by atoms with van der Waals surface area (Å²) in [4.78, 5) is 17.6. The molecule has 172 valence electrons. The van der Waals surface area contributed by atoms with Crippen LogP contribution in [-0.2, 0) is 4.74 Å². The van der Waals surface area contributed by atoms with E-state index in [4.69, 9.17) is 9.47 Å². The van der Waals surface area contributed by atoms with Crippen molar-refractivity contribution < 1.29 is 19.4 Å². The molecule has 1 aromatic rings. The molecule has 0 radical (unpaired) electrons. The Kier molecular flexibility index (Phi) is 8.67. The number of morpholine rings is 1. The van der Waals surface area contributed by atoms with Crippen molar-refractivity contribution >= 4 is 5.78 Å². The third-order valence-corrected chi connectivity index (χ3v) is 6.16. The number of rotatable bonds is 10. The van der Waals surface area contributed by atoms with E-state index in [1.165, 1.54) is 12.8 Å². The molecular weight excluding hydrogens is 392 g/mol. The third-order valence-electron chi connectivity index (χ3n) is 6.16. The Labute approximate surface area is 186 Å². The molecule has 2 aliphatic rings. The van der Waals surface area contributed by atoms with E-state index in [9.17, 15) is 9.90 Å². The minimum absolute atomic E-state index is 0.00786. The second-order valence-corrected chi connectivity index (χ2v) is 9.15. The normalized spacial score (nSPS) is 19.0. The first kappa shape index (κ1) is 23.9. The van der Waals surface area contributed by atoms with Gasteiger partial charge in [-0.05, 0) is 62.0 Å². The van der Waals surface area contributed by atoms with Crippen molar-refractivity contribution in [2.75, 3.05) is 59.1 Å². The monoisotopic (exact) mass is 430 g/mol. The molecule has 3 rings (SSSR count). The lowest BCUT2D eigenvalue weighted by Crippen LogP contribution is -2.38. The first-order valence-corrected chi connectivity index (χ1v) is 11.6. The number of aryl methyl sites for hydroxylation is 1. The van der Waals surface area contributed by atoms with Gasteiger partial charge < -0.3 is 19.5 Å². The van der Waals surface area contributed by atoms with Crippen molar-refractivity contribution in [3.8, 4) is 5.75 Å². The number of carbonyl (C=O) groups is 1. The lowest BCUT2D eigenvalue weighted by Gasteiger charge is -2.27. The molecule has 1 N–H and O–H groups in total. The van der Waals surface area contributed by atoms with Crippen molar-refractivity contribution in [1.29, 1.82) is 0 Å². The zero-order chi connectivity index (χ0) is 22.4. The number of ketones is 1. The molecule has 1 unspecified atom stereocenters. The summed E-state index contributed by atoms with van der Waals surface area (Å²) in [5.74, 6) is 0.945. The highest BCUT2D eigenvalue weighted by molar-refractivity contribution is 6.09. The molecule has 2 saturated heterocycles. The molecule has 0 aromatic heterocycles. The van der Waals surface area contributed by atoms with Gasteiger partial charge in [0.2, 0.25) is 0 Å². The SMILES string of the molecule is C=C(CN1CCOCC1)C(=O)c1cc(C(C)C)c(OCC(O)CN2CCCC2)cc1C. The van der Waals surface area contributed by atoms with Crippen LogP contribution in [0, 0.1) is 6.92 Å². The highest BCUT2D eigenvalue weighted by Gasteiger charge is 2.22. The number of carbonyl (C=O) groups excluding carboxylic acids is 1. The number of Topliss-reactive ketones (excluding diaryl/α,β-unsaturated/α-hetero) is 1. The smallest absolute Gasteiger partial charge is 0.189 e. The van der Waals surface area contributed by atoms with Crippen LogP contribution in [0.2, 0.25) is 0 Å². The van der Waals surface area contributed by atoms with Gasteiger partial charge >= 0.3 is 0 Å². The molecule has 0 aliphatic carbocycles. The third kappa shape index (κ3) is 6.62. The molecule has 0 saturated carbocycles. The fraction of sp³-hybridized carbons (Fsp3) is 0.640. The van der Waals surface area contributed by atoms with Crippen LogP contribution in [0.3, 0.4) is 0 Å². The van der Waals surface area contributed by atoms with Gasteiger partial charge in [0, 0.05) is 37.3 Å². The highest BCUT2D eigenvalue weighted by Crippen LogP contribution is 2.31. The maximum atomic E-state index is 13.1. The van der Waals surface area contributed by atoms with E-state index in [0.717, 1.165) is 43.1 Å². The van der Waals surface area contributed by atoms with Crippen molar-refractivity contribution in [3.63, 3.8) is 0 Å². The van der Waals surface area contributed by atoms with E-state index in [1.54, 1.807) is 0 Å². The van der Waals surface area contributed by atoms with E-state index in [2.05, 4.69) is 30.2 Å². The number of ether oxygens (including phenoxy) is 2. The molecule has 6 nitrogen and oxygen atoms in total. The summed E-state index contributed by atoms with van der Waals surface area (Å²) in [5.41, 5.74) is 3.16. The minimum atomic E-state index is -0.520. The van der Waals surface area contributed by atoms with Gasteiger partial charge in [-0.25, -0.2) is 0 Å². The average Bonchev–Trinajstić information content (AvgIpc) is 3.25. The van der Waals surface area contributed by atoms with Crippen molar-refractivity contribution in [1.82, 2.24) is 9.80 Å². The average molecular weight is 431 g/mol. The number of aliphatic hydroxyl groups excluding tert-OH is 1. The lowest BCUT2D eigenvalue weighted by atomic mass is 9.92. The van der Waals surface area contributed by atoms with Gasteiger partial charge in [-0.3, -0.25) is 9.69 Å². The number of hydrogen-bond acceptors (Lipinski definition) is 6. The summed E-state index contributed by atoms with van der Waals surface area (Å²) in [5, 5.41) is 10.4. The van der Waals surface area contributed by atoms with Gasteiger partial charge in [-0.15, -0.1) is 0 Å². The predicted octanol–water partition coefficient (Wildman–Crippen LogP) is 3.03. The van der Waals surface area contributed by atoms with Crippen LogP contribution in [0.1, 0.15) is 54.1 Å². The second kappa shape index (κ2) is 11.2. The van der Waals surface area contributed by atoms with Crippen molar-refractivity contribution in [2.24, 2.45) is 0 Å². The number of likely N-dealkylation sites (tertiary alicyclic amines) is 1. The number of benzene rings is 1. The van der Waals surface area contributed by atoms with E-state index >= 15 is 0 Å². The van der Waals surface area contributed by atoms with Crippen LogP contribution in [0.5, 0.6) is 5.75 Å². The molecule has 2 aliphatic heterocycles. The van der Waals surface area contributed by atoms with E-state index in [1.807, 2.05) is 19.1 Å². The Morgan fingerprint density at radius 3 is 2.48 bits per heavy atom. The Morgan fingerprint density at radius 2 is 1.84 bits per heavy atom. The Morgan fingerprint density at radius 1 is 1.16 bits per heavy atom. The summed E-state index contributed by atoms with van der Waals surface area (Å²) >= 11 is 0. The maximum Gasteiger partial charge on any atom is 0.189 e. The summed E-state index contributed by atoms with van der Waals surface area (Å²) in [6, 6.07) is 3.89. The number of β-amino-alcohol motifs (C(OH)–C–C–N with tert-alkyl or cyclic N) is 1. The van der Waals surface area contributed by atoms with E-state index in [-0.39, 0.29) is 18.3 Å². The van der Waals surface area contributed by atoms with Crippen LogP contribution < -0.4 is 4.74 Å². The van der Waals surface area contributed by atoms with Gasteiger partial charge in [0.1, 0.15) is 18.5 Å². The van der Waals surface area contributed by atoms with Crippen molar-refractivity contribution in [3.05, 3.63) is 41.0 Å². The molecule has 2 fully saturated rings. The standard InChI is InChI=1S/C25H38N2O4/c1-18(2)22-14-23(25(29)20(4)15-27-9-11-30-12-10-27)19(3)13-24(22)31-17-21(28)16-26-7-5-6-8-26/h13-14,18,21,28H,4-12,15-17H2,1-3H3. The number of aliphatic hydroxyl groups is 1. The number of hydrogen-bond donors (Lipinski definition) is 1. The van der Waals surface area contributed by atoms with Gasteiger partial charge in [0.25, 0.3) is 0 Å². The van der Waals surface area contributed by atoms with E-state index < -0.39 is 6.10 Å². The van der Waals surface area contributed by atoms with Crippen LogP contribution >= 0.6 is 0 Å². The highest BCUT2D eigenvalue weighted by atomic mass is 16.5. The first-order chi connectivity index (χ1) is 14.8. The Bertz CT molecular complexity index is 765. The fourth-order valence-electron chi connectivity index (χ4n) is 4.31. The maximum absolute atomic E-state index is 13.1. The van der Waals surface area contributed by atoms with Gasteiger partial charge in [0.05, 0.1) is 13.2 Å². The summed E-state index contributed by atoms with van der Waals surface area (Å²) in [6.07, 6.45) is 1.89. The van der Waals surface area contributed by atoms with Crippen LogP contribution in [0.25, 0.3) is 0 Å². The topological polar surface area (TPSA) is 62.2 Å². The summed E-state index contributed by atoms with van der Waals surface area (Å²) in [6.45, 7) is 16.8. The molecular formula is C25H38N2O4. The molecule has 31 heavy (non-hydrogen) atoms. The van der Waals surface area contributed by atoms with E-state index in [0.29, 0.717) is 37.4 Å². The van der Waals surface area contributed by atoms with Crippen molar-refractivity contribution in [2.45, 2.75) is 45.6 Å². The second-order valence-electron chi connectivity index (χ2n) is 9.15. The molecule has 0 spiro atoms. The molecule has 0 bridgehead atoms. The van der Waals surface area contributed by atoms with Gasteiger partial charge in [-0.1, -0.05) is 20.4 Å². The first-order valence-electron chi connectivity index (χ1n) is 11.6. The lowest BCUT2D eigenvalue weighted by molar-refractivity contribution is 0.0418. The quantitative estimate of drug-likeness (QED) is 0.455. The van der Waals surface area contributed by atoms with Gasteiger partial charge in [0.15, 0.2) is 5.78 Å². The van der Waals surface area contributed by atoms with Crippen LogP contribution in [0.4, 0.5) is 0 Å². The molecule has 1 atom stereocenters. The summed E-state index contributed by atoms with van der Waals surface area (Å²) < 4.78 is 11.4. The molecule has 2 heterocycles. The Balaban J connectivity index is 1.67. The molecule has 1 aromatic carbocycles. The zero-order valence-corrected chi connectivity index (χ0v) is 19.4. The predicted molar refractivity (Wildman–Crippen MR) is 123 cm³/mol. The number of nitrogens with zero attached hydrogens (tertiary/aromatic N) is 2. The minimum Gasteiger partial charge on any atom is -0.491 e. The van der Waals surface area contributed by atoms with Gasteiger partial charge in [-0.2, -0.15) is 0 Å². The fourth-order valence-corrected chi connectivity index (χ4v) is 4.31. The molecule has 0 amide bonds. The van der Waals surface area contributed by atoms with Crippen LogP contribution in [-0.4, -0.2) is 85.9 Å². The molecule has 6 heteroatoms. The summed E-state index contributed by atoms with van der Waals surface area (Å²) in [7, 11) is 0. The van der Waals surface area contributed by atoms with Crippen LogP contribution in [0.15, 0.2) is 24.3 Å².